The van der Waals surface area contributed by atoms with Gasteiger partial charge in [-0.3, -0.25) is 0 Å². The molecular weight excluding hydrogens is 450 g/mol. The number of imidazole rings is 1. The zero-order valence-electron chi connectivity index (χ0n) is 16.8. The third-order valence-electron chi connectivity index (χ3n) is 5.69. The number of nitrogens with zero attached hydrogens (tertiary/aromatic N) is 3. The van der Waals surface area contributed by atoms with E-state index in [0.717, 1.165) is 11.1 Å². The molecule has 1 fully saturated rings. The summed E-state index contributed by atoms with van der Waals surface area (Å²) in [6.07, 6.45) is -3.61. The molecule has 10 heteroatoms. The molecule has 0 saturated carbocycles. The number of hydrogen-bond donors (Lipinski definition) is 2. The van der Waals surface area contributed by atoms with Crippen LogP contribution in [0.2, 0.25) is 10.0 Å². The van der Waals surface area contributed by atoms with Crippen molar-refractivity contribution in [3.8, 4) is 0 Å². The van der Waals surface area contributed by atoms with Crippen LogP contribution in [0.15, 0.2) is 30.3 Å². The van der Waals surface area contributed by atoms with E-state index in [2.05, 4.69) is 10.3 Å². The molecule has 2 aromatic carbocycles. The topological polar surface area (TPSA) is 59.1 Å². The molecule has 1 atom stereocenters. The predicted molar refractivity (Wildman–Crippen MR) is 119 cm³/mol. The van der Waals surface area contributed by atoms with Gasteiger partial charge >= 0.3 is 6.18 Å². The number of nitrogens with one attached hydrogen (secondary N) is 1. The molecule has 31 heavy (non-hydrogen) atoms. The second kappa shape index (κ2) is 8.41. The number of nitrogens with two attached hydrogens (primary N) is 1. The number of rotatable bonds is 4. The third kappa shape index (κ3) is 4.42. The number of piperidine rings is 1. The highest BCUT2D eigenvalue weighted by atomic mass is 35.5. The molecule has 2 heterocycles. The molecule has 0 radical (unpaired) electrons. The summed E-state index contributed by atoms with van der Waals surface area (Å²) in [6, 6.07) is 8.95. The molecule has 0 spiro atoms. The first-order chi connectivity index (χ1) is 14.7. The van der Waals surface area contributed by atoms with Gasteiger partial charge in [-0.25, -0.2) is 4.98 Å². The molecule has 1 aliphatic rings. The molecule has 4 rings (SSSR count). The van der Waals surface area contributed by atoms with Gasteiger partial charge in [-0.15, -0.1) is 0 Å². The number of aryl methyl sites for hydroxylation is 1. The van der Waals surface area contributed by atoms with Gasteiger partial charge in [0.2, 0.25) is 5.95 Å². The smallest absolute Gasteiger partial charge is 0.370 e. The van der Waals surface area contributed by atoms with Crippen LogP contribution in [-0.2, 0) is 13.6 Å². The SMILES string of the molecule is Cn1c(Nc2cc(CN)ccc2Cl)nc2cc(Cl)c(N3CCC[C@@H](C(F)(F)F)C3)cc21. The highest BCUT2D eigenvalue weighted by Gasteiger charge is 2.42. The van der Waals surface area contributed by atoms with Crippen molar-refractivity contribution < 1.29 is 13.2 Å². The molecule has 0 unspecified atom stereocenters. The Hall–Kier alpha value is -2.16. The van der Waals surface area contributed by atoms with E-state index >= 15 is 0 Å². The van der Waals surface area contributed by atoms with Crippen molar-refractivity contribution in [2.75, 3.05) is 23.3 Å². The van der Waals surface area contributed by atoms with Crippen LogP contribution < -0.4 is 16.0 Å². The lowest BCUT2D eigenvalue weighted by Gasteiger charge is -2.35. The predicted octanol–water partition coefficient (Wildman–Crippen LogP) is 5.86. The molecule has 0 bridgehead atoms. The van der Waals surface area contributed by atoms with Crippen molar-refractivity contribution in [2.24, 2.45) is 18.7 Å². The van der Waals surface area contributed by atoms with Crippen molar-refractivity contribution >= 4 is 51.6 Å². The fourth-order valence-corrected chi connectivity index (χ4v) is 4.38. The van der Waals surface area contributed by atoms with E-state index in [0.29, 0.717) is 52.4 Å². The van der Waals surface area contributed by atoms with Gasteiger partial charge in [-0.1, -0.05) is 29.3 Å². The van der Waals surface area contributed by atoms with E-state index in [4.69, 9.17) is 28.9 Å². The first-order valence-corrected chi connectivity index (χ1v) is 10.7. The number of aromatic nitrogens is 2. The van der Waals surface area contributed by atoms with E-state index in [-0.39, 0.29) is 13.0 Å². The highest BCUT2D eigenvalue weighted by molar-refractivity contribution is 6.34. The van der Waals surface area contributed by atoms with Gasteiger partial charge in [0.05, 0.1) is 38.4 Å². The fraction of sp³-hybridized carbons (Fsp3) is 0.381. The Morgan fingerprint density at radius 2 is 1.97 bits per heavy atom. The second-order valence-electron chi connectivity index (χ2n) is 7.76. The molecule has 1 saturated heterocycles. The maximum absolute atomic E-state index is 13.2. The van der Waals surface area contributed by atoms with Gasteiger partial charge in [0.25, 0.3) is 0 Å². The Bertz CT molecular complexity index is 1110. The normalized spacial score (nSPS) is 17.4. The van der Waals surface area contributed by atoms with E-state index in [1.54, 1.807) is 23.1 Å². The summed E-state index contributed by atoms with van der Waals surface area (Å²) in [5.41, 5.74) is 9.26. The summed E-state index contributed by atoms with van der Waals surface area (Å²) < 4.78 is 41.6. The Labute approximate surface area is 187 Å². The molecule has 0 aliphatic carbocycles. The fourth-order valence-electron chi connectivity index (χ4n) is 3.93. The van der Waals surface area contributed by atoms with Crippen molar-refractivity contribution in [2.45, 2.75) is 25.6 Å². The van der Waals surface area contributed by atoms with E-state index in [9.17, 15) is 13.2 Å². The molecule has 3 N–H and O–H groups in total. The molecule has 0 amide bonds. The van der Waals surface area contributed by atoms with Crippen LogP contribution in [0.4, 0.5) is 30.5 Å². The van der Waals surface area contributed by atoms with Gasteiger partial charge in [-0.2, -0.15) is 13.2 Å². The van der Waals surface area contributed by atoms with Crippen molar-refractivity contribution in [1.82, 2.24) is 9.55 Å². The summed E-state index contributed by atoms with van der Waals surface area (Å²) in [5, 5.41) is 4.11. The Morgan fingerprint density at radius 3 is 2.68 bits per heavy atom. The zero-order valence-corrected chi connectivity index (χ0v) is 18.3. The minimum atomic E-state index is -4.21. The van der Waals surface area contributed by atoms with Gasteiger partial charge in [0, 0.05) is 26.7 Å². The standard InChI is InChI=1S/C21H22Cl2F3N5/c1-30-19-9-18(31-6-2-3-13(11-31)21(24,25)26)15(23)8-17(19)29-20(30)28-16-7-12(10-27)4-5-14(16)22/h4-5,7-9,13H,2-3,6,10-11,27H2,1H3,(H,28,29)/t13-/m1/s1. The van der Waals surface area contributed by atoms with E-state index in [1.807, 2.05) is 23.7 Å². The number of benzene rings is 2. The Morgan fingerprint density at radius 1 is 1.19 bits per heavy atom. The van der Waals surface area contributed by atoms with Gasteiger partial charge in [0.1, 0.15) is 0 Å². The lowest BCUT2D eigenvalue weighted by Crippen LogP contribution is -2.41. The van der Waals surface area contributed by atoms with E-state index in [1.165, 1.54) is 0 Å². The van der Waals surface area contributed by atoms with Crippen molar-refractivity contribution in [1.29, 1.82) is 0 Å². The highest BCUT2D eigenvalue weighted by Crippen LogP contribution is 2.39. The molecule has 1 aromatic heterocycles. The largest absolute Gasteiger partial charge is 0.393 e. The van der Waals surface area contributed by atoms with Crippen LogP contribution in [-0.4, -0.2) is 28.8 Å². The van der Waals surface area contributed by atoms with Crippen LogP contribution in [0.3, 0.4) is 0 Å². The van der Waals surface area contributed by atoms with Crippen molar-refractivity contribution in [3.63, 3.8) is 0 Å². The molecular formula is C21H22Cl2F3N5. The molecule has 5 nitrogen and oxygen atoms in total. The Balaban J connectivity index is 1.68. The van der Waals surface area contributed by atoms with Crippen LogP contribution in [0.5, 0.6) is 0 Å². The van der Waals surface area contributed by atoms with Gasteiger partial charge in [-0.05, 0) is 42.7 Å². The third-order valence-corrected chi connectivity index (χ3v) is 6.32. The summed E-state index contributed by atoms with van der Waals surface area (Å²) in [4.78, 5) is 6.30. The van der Waals surface area contributed by atoms with Gasteiger partial charge in [0.15, 0.2) is 0 Å². The number of alkyl halides is 3. The molecule has 3 aromatic rings. The number of halogens is 5. The quantitative estimate of drug-likeness (QED) is 0.500. The number of fused-ring (bicyclic) bond motifs is 1. The number of anilines is 3. The Kier molecular flexibility index (Phi) is 5.98. The number of hydrogen-bond acceptors (Lipinski definition) is 4. The summed E-state index contributed by atoms with van der Waals surface area (Å²) in [5.74, 6) is -0.820. The van der Waals surface area contributed by atoms with Crippen LogP contribution in [0, 0.1) is 5.92 Å². The van der Waals surface area contributed by atoms with Gasteiger partial charge < -0.3 is 20.5 Å². The van der Waals surface area contributed by atoms with Crippen LogP contribution >= 0.6 is 23.2 Å². The average molecular weight is 472 g/mol. The maximum atomic E-state index is 13.2. The maximum Gasteiger partial charge on any atom is 0.393 e. The minimum Gasteiger partial charge on any atom is -0.370 e. The first kappa shape index (κ1) is 22.0. The monoisotopic (exact) mass is 471 g/mol. The molecule has 1 aliphatic heterocycles. The van der Waals surface area contributed by atoms with Crippen LogP contribution in [0.1, 0.15) is 18.4 Å². The molecule has 166 valence electrons. The average Bonchev–Trinajstić information content (AvgIpc) is 3.02. The zero-order chi connectivity index (χ0) is 22.3. The minimum absolute atomic E-state index is 0.0980. The lowest BCUT2D eigenvalue weighted by molar-refractivity contribution is -0.175. The van der Waals surface area contributed by atoms with Crippen LogP contribution in [0.25, 0.3) is 11.0 Å². The second-order valence-corrected chi connectivity index (χ2v) is 8.57. The summed E-state index contributed by atoms with van der Waals surface area (Å²) >= 11 is 12.8. The summed E-state index contributed by atoms with van der Waals surface area (Å²) in [6.45, 7) is 0.809. The first-order valence-electron chi connectivity index (χ1n) is 9.90. The van der Waals surface area contributed by atoms with E-state index < -0.39 is 12.1 Å². The summed E-state index contributed by atoms with van der Waals surface area (Å²) in [7, 11) is 1.82. The van der Waals surface area contributed by atoms with Crippen molar-refractivity contribution in [3.05, 3.63) is 45.9 Å². The lowest BCUT2D eigenvalue weighted by atomic mass is 9.97.